The van der Waals surface area contributed by atoms with Gasteiger partial charge in [0.05, 0.1) is 10.2 Å². The number of hydrogen-bond acceptors (Lipinski definition) is 4. The number of hydrogen-bond donors (Lipinski definition) is 1. The molecule has 0 spiro atoms. The molecule has 5 aromatic rings. The van der Waals surface area contributed by atoms with E-state index in [2.05, 4.69) is 29.6 Å². The fourth-order valence-corrected chi connectivity index (χ4v) is 5.73. The topological polar surface area (TPSA) is 62.3 Å². The van der Waals surface area contributed by atoms with Crippen molar-refractivity contribution >= 4 is 60.0 Å². The number of amides is 2. The number of benzene rings is 4. The van der Waals surface area contributed by atoms with Crippen molar-refractivity contribution in [3.63, 3.8) is 0 Å². The molecule has 0 bridgehead atoms. The van der Waals surface area contributed by atoms with Crippen molar-refractivity contribution in [3.05, 3.63) is 84.4 Å². The Bertz CT molecular complexity index is 1540. The van der Waals surface area contributed by atoms with Crippen molar-refractivity contribution < 1.29 is 9.59 Å². The van der Waals surface area contributed by atoms with Crippen LogP contribution in [-0.2, 0) is 4.79 Å². The van der Waals surface area contributed by atoms with Gasteiger partial charge in [-0.25, -0.2) is 4.98 Å². The summed E-state index contributed by atoms with van der Waals surface area (Å²) in [6.07, 6.45) is 1.30. The molecule has 34 heavy (non-hydrogen) atoms. The largest absolute Gasteiger partial charge is 0.339 e. The molecule has 168 valence electrons. The van der Waals surface area contributed by atoms with Gasteiger partial charge < -0.3 is 10.2 Å². The summed E-state index contributed by atoms with van der Waals surface area (Å²) < 4.78 is 1.06. The Morgan fingerprint density at radius 3 is 2.29 bits per heavy atom. The van der Waals surface area contributed by atoms with Gasteiger partial charge in [-0.2, -0.15) is 0 Å². The Kier molecular flexibility index (Phi) is 5.23. The highest BCUT2D eigenvalue weighted by atomic mass is 32.1. The molecule has 2 amide bonds. The van der Waals surface area contributed by atoms with Crippen molar-refractivity contribution in [2.75, 3.05) is 18.4 Å². The standard InChI is InChI=1S/C28H23N3O2S/c32-26(30-28-29-25-22-10-4-2-7-19(22)12-13-24(25)34-28)20-14-16-31(17-15-20)27(33)23-11-5-8-18-6-1-3-9-21(18)23/h1-13,20H,14-17H2,(H,29,30,32). The van der Waals surface area contributed by atoms with Crippen LogP contribution in [0, 0.1) is 5.92 Å². The molecule has 1 fully saturated rings. The Morgan fingerprint density at radius 1 is 0.824 bits per heavy atom. The second kappa shape index (κ2) is 8.54. The lowest BCUT2D eigenvalue weighted by Gasteiger charge is -2.31. The molecule has 2 heterocycles. The van der Waals surface area contributed by atoms with E-state index in [9.17, 15) is 9.59 Å². The van der Waals surface area contributed by atoms with Crippen LogP contribution in [0.2, 0.25) is 0 Å². The minimum Gasteiger partial charge on any atom is -0.339 e. The zero-order chi connectivity index (χ0) is 23.1. The van der Waals surface area contributed by atoms with Gasteiger partial charge in [0.2, 0.25) is 5.91 Å². The van der Waals surface area contributed by atoms with Crippen LogP contribution in [0.15, 0.2) is 78.9 Å². The zero-order valence-corrected chi connectivity index (χ0v) is 19.3. The summed E-state index contributed by atoms with van der Waals surface area (Å²) in [7, 11) is 0. The second-order valence-corrected chi connectivity index (χ2v) is 9.77. The van der Waals surface area contributed by atoms with Crippen molar-refractivity contribution in [1.82, 2.24) is 9.88 Å². The summed E-state index contributed by atoms with van der Waals surface area (Å²) in [6.45, 7) is 1.15. The summed E-state index contributed by atoms with van der Waals surface area (Å²) in [5, 5.41) is 7.93. The molecule has 0 radical (unpaired) electrons. The third-order valence-corrected chi connectivity index (χ3v) is 7.62. The predicted octanol–water partition coefficient (Wildman–Crippen LogP) is 6.09. The lowest BCUT2D eigenvalue weighted by atomic mass is 9.95. The van der Waals surface area contributed by atoms with Crippen molar-refractivity contribution in [1.29, 1.82) is 0 Å². The van der Waals surface area contributed by atoms with Crippen molar-refractivity contribution in [3.8, 4) is 0 Å². The van der Waals surface area contributed by atoms with Gasteiger partial charge >= 0.3 is 0 Å². The number of likely N-dealkylation sites (tertiary alicyclic amines) is 1. The summed E-state index contributed by atoms with van der Waals surface area (Å²) >= 11 is 1.50. The molecule has 1 aromatic heterocycles. The molecule has 6 heteroatoms. The number of thiazole rings is 1. The number of aromatic nitrogens is 1. The van der Waals surface area contributed by atoms with Gasteiger partial charge in [0.25, 0.3) is 5.91 Å². The average Bonchev–Trinajstić information content (AvgIpc) is 3.31. The Balaban J connectivity index is 1.14. The quantitative estimate of drug-likeness (QED) is 0.351. The maximum absolute atomic E-state index is 13.2. The zero-order valence-electron chi connectivity index (χ0n) is 18.5. The fraction of sp³-hybridized carbons (Fsp3) is 0.179. The lowest BCUT2D eigenvalue weighted by Crippen LogP contribution is -2.41. The first-order valence-corrected chi connectivity index (χ1v) is 12.4. The van der Waals surface area contributed by atoms with E-state index in [4.69, 9.17) is 4.98 Å². The third-order valence-electron chi connectivity index (χ3n) is 6.69. The Hall–Kier alpha value is -3.77. The molecule has 1 N–H and O–H groups in total. The minimum atomic E-state index is -0.125. The molecule has 0 atom stereocenters. The van der Waals surface area contributed by atoms with Gasteiger partial charge in [-0.1, -0.05) is 78.1 Å². The van der Waals surface area contributed by atoms with Crippen LogP contribution in [0.25, 0.3) is 31.8 Å². The Morgan fingerprint density at radius 2 is 1.50 bits per heavy atom. The molecule has 4 aromatic carbocycles. The third kappa shape index (κ3) is 3.70. The molecule has 1 aliphatic heterocycles. The first-order chi connectivity index (χ1) is 16.7. The Labute approximate surface area is 201 Å². The van der Waals surface area contributed by atoms with Gasteiger partial charge in [0.15, 0.2) is 5.13 Å². The number of anilines is 1. The number of rotatable bonds is 3. The van der Waals surface area contributed by atoms with Crippen LogP contribution in [0.4, 0.5) is 5.13 Å². The highest BCUT2D eigenvalue weighted by Gasteiger charge is 2.29. The second-order valence-electron chi connectivity index (χ2n) is 8.73. The van der Waals surface area contributed by atoms with Crippen LogP contribution in [-0.4, -0.2) is 34.8 Å². The van der Waals surface area contributed by atoms with Gasteiger partial charge in [-0.3, -0.25) is 9.59 Å². The number of carbonyl (C=O) groups excluding carboxylic acids is 2. The molecular weight excluding hydrogens is 442 g/mol. The van der Waals surface area contributed by atoms with E-state index in [1.165, 1.54) is 11.3 Å². The predicted molar refractivity (Wildman–Crippen MR) is 138 cm³/mol. The van der Waals surface area contributed by atoms with Crippen molar-refractivity contribution in [2.24, 2.45) is 5.92 Å². The summed E-state index contributed by atoms with van der Waals surface area (Å²) in [4.78, 5) is 32.8. The number of nitrogens with one attached hydrogen (secondary N) is 1. The SMILES string of the molecule is O=C(Nc1nc2c(ccc3ccccc32)s1)C1CCN(C(=O)c2cccc3ccccc23)CC1. The van der Waals surface area contributed by atoms with Crippen molar-refractivity contribution in [2.45, 2.75) is 12.8 Å². The highest BCUT2D eigenvalue weighted by Crippen LogP contribution is 2.32. The molecule has 1 aliphatic rings. The minimum absolute atomic E-state index is 0.0133. The molecule has 6 rings (SSSR count). The van der Waals surface area contributed by atoms with Crippen LogP contribution in [0.1, 0.15) is 23.2 Å². The lowest BCUT2D eigenvalue weighted by molar-refractivity contribution is -0.121. The van der Waals surface area contributed by atoms with E-state index >= 15 is 0 Å². The van der Waals surface area contributed by atoms with E-state index in [-0.39, 0.29) is 17.7 Å². The molecular formula is C28H23N3O2S. The molecule has 0 aliphatic carbocycles. The molecule has 5 nitrogen and oxygen atoms in total. The van der Waals surface area contributed by atoms with Crippen LogP contribution in [0.5, 0.6) is 0 Å². The first-order valence-electron chi connectivity index (χ1n) is 11.5. The number of carbonyl (C=O) groups is 2. The maximum atomic E-state index is 13.2. The van der Waals surface area contributed by atoms with E-state index in [0.29, 0.717) is 31.1 Å². The highest BCUT2D eigenvalue weighted by molar-refractivity contribution is 7.22. The van der Waals surface area contributed by atoms with E-state index < -0.39 is 0 Å². The number of nitrogens with zero attached hydrogens (tertiary/aromatic N) is 2. The molecule has 1 saturated heterocycles. The molecule has 0 saturated carbocycles. The van der Waals surface area contributed by atoms with E-state index in [0.717, 1.165) is 37.3 Å². The van der Waals surface area contributed by atoms with Gasteiger partial charge in [-0.05, 0) is 41.1 Å². The van der Waals surface area contributed by atoms with Crippen LogP contribution >= 0.6 is 11.3 Å². The molecule has 0 unspecified atom stereocenters. The van der Waals surface area contributed by atoms with Crippen LogP contribution < -0.4 is 5.32 Å². The summed E-state index contributed by atoms with van der Waals surface area (Å²) in [5.41, 5.74) is 1.65. The van der Waals surface area contributed by atoms with E-state index in [1.54, 1.807) is 0 Å². The smallest absolute Gasteiger partial charge is 0.254 e. The maximum Gasteiger partial charge on any atom is 0.254 e. The van der Waals surface area contributed by atoms with Crippen LogP contribution in [0.3, 0.4) is 0 Å². The summed E-state index contributed by atoms with van der Waals surface area (Å²) in [6, 6.07) is 26.1. The average molecular weight is 466 g/mol. The number of fused-ring (bicyclic) bond motifs is 4. The normalized spacial score (nSPS) is 14.6. The van der Waals surface area contributed by atoms with Gasteiger partial charge in [-0.15, -0.1) is 0 Å². The fourth-order valence-electron chi connectivity index (χ4n) is 4.85. The number of piperidine rings is 1. The van der Waals surface area contributed by atoms with Gasteiger partial charge in [0.1, 0.15) is 0 Å². The van der Waals surface area contributed by atoms with E-state index in [1.807, 2.05) is 59.5 Å². The summed E-state index contributed by atoms with van der Waals surface area (Å²) in [5.74, 6) is -0.102. The monoisotopic (exact) mass is 465 g/mol. The van der Waals surface area contributed by atoms with Gasteiger partial charge in [0, 0.05) is 30.0 Å². The first kappa shape index (κ1) is 20.8.